The molecule has 0 bridgehead atoms. The van der Waals surface area contributed by atoms with E-state index in [1.165, 1.54) is 0 Å². The largest absolute Gasteiger partial charge is 0.481 e. The first-order valence-electron chi connectivity index (χ1n) is 5.68. The van der Waals surface area contributed by atoms with Crippen LogP contribution in [0.5, 0.6) is 0 Å². The lowest BCUT2D eigenvalue weighted by Gasteiger charge is -2.25. The maximum atomic E-state index is 12.3. The van der Waals surface area contributed by atoms with Gasteiger partial charge in [0, 0.05) is 6.04 Å². The number of carboxylic acid groups (broad SMARTS) is 2. The average Bonchev–Trinajstić information content (AvgIpc) is 3.06. The van der Waals surface area contributed by atoms with Gasteiger partial charge in [-0.1, -0.05) is 0 Å². The maximum absolute atomic E-state index is 12.3. The molecule has 0 aromatic heterocycles. The minimum absolute atomic E-state index is 0.403. The standard InChI is InChI=1S/C10H13F3N2O5/c11-10(12,13)4-15(5-1-2-5)9(20)14-6(8(18)19)3-7(16)17/h5-6H,1-4H2,(H,14,20)(H,16,17)(H,18,19). The Hall–Kier alpha value is -2.00. The molecule has 0 heterocycles. The van der Waals surface area contributed by atoms with Gasteiger partial charge in [-0.15, -0.1) is 0 Å². The van der Waals surface area contributed by atoms with Gasteiger partial charge in [0.2, 0.25) is 0 Å². The first-order chi connectivity index (χ1) is 9.10. The van der Waals surface area contributed by atoms with Gasteiger partial charge in [0.1, 0.15) is 12.6 Å². The van der Waals surface area contributed by atoms with Crippen LogP contribution in [0, 0.1) is 0 Å². The highest BCUT2D eigenvalue weighted by Crippen LogP contribution is 2.30. The van der Waals surface area contributed by atoms with Crippen molar-refractivity contribution in [3.63, 3.8) is 0 Å². The molecule has 0 spiro atoms. The van der Waals surface area contributed by atoms with E-state index in [-0.39, 0.29) is 0 Å². The summed E-state index contributed by atoms with van der Waals surface area (Å²) in [7, 11) is 0. The number of carbonyl (C=O) groups excluding carboxylic acids is 1. The normalized spacial score (nSPS) is 16.4. The first-order valence-corrected chi connectivity index (χ1v) is 5.68. The molecule has 20 heavy (non-hydrogen) atoms. The van der Waals surface area contributed by atoms with Crippen LogP contribution in [0.3, 0.4) is 0 Å². The number of rotatable bonds is 6. The Bertz CT molecular complexity index is 408. The number of amides is 2. The van der Waals surface area contributed by atoms with E-state index in [0.717, 1.165) is 0 Å². The molecule has 1 fully saturated rings. The van der Waals surface area contributed by atoms with Gasteiger partial charge in [-0.05, 0) is 12.8 Å². The molecule has 3 N–H and O–H groups in total. The van der Waals surface area contributed by atoms with Crippen LogP contribution < -0.4 is 5.32 Å². The van der Waals surface area contributed by atoms with E-state index in [4.69, 9.17) is 10.2 Å². The van der Waals surface area contributed by atoms with Crippen LogP contribution in [0.15, 0.2) is 0 Å². The molecular formula is C10H13F3N2O5. The molecular weight excluding hydrogens is 285 g/mol. The molecule has 1 unspecified atom stereocenters. The Kier molecular flexibility index (Phi) is 4.79. The molecule has 1 aliphatic rings. The summed E-state index contributed by atoms with van der Waals surface area (Å²) in [4.78, 5) is 33.3. The predicted molar refractivity (Wildman–Crippen MR) is 58.0 cm³/mol. The number of nitrogens with zero attached hydrogens (tertiary/aromatic N) is 1. The van der Waals surface area contributed by atoms with Crippen molar-refractivity contribution < 1.29 is 37.8 Å². The predicted octanol–water partition coefficient (Wildman–Crippen LogP) is 0.651. The van der Waals surface area contributed by atoms with Gasteiger partial charge in [0.15, 0.2) is 0 Å². The van der Waals surface area contributed by atoms with Crippen LogP contribution in [-0.2, 0) is 9.59 Å². The van der Waals surface area contributed by atoms with Crippen LogP contribution >= 0.6 is 0 Å². The minimum atomic E-state index is -4.61. The van der Waals surface area contributed by atoms with Crippen molar-refractivity contribution in [3.05, 3.63) is 0 Å². The maximum Gasteiger partial charge on any atom is 0.406 e. The SMILES string of the molecule is O=C(O)CC(NC(=O)N(CC(F)(F)F)C1CC1)C(=O)O. The molecule has 0 aromatic carbocycles. The van der Waals surface area contributed by atoms with E-state index in [0.29, 0.717) is 17.7 Å². The number of halogens is 3. The molecule has 1 rings (SSSR count). The van der Waals surface area contributed by atoms with E-state index >= 15 is 0 Å². The molecule has 114 valence electrons. The fourth-order valence-electron chi connectivity index (χ4n) is 1.55. The Labute approximate surface area is 111 Å². The number of carbonyl (C=O) groups is 3. The van der Waals surface area contributed by atoms with Crippen molar-refractivity contribution in [2.45, 2.75) is 37.5 Å². The molecule has 0 saturated heterocycles. The summed E-state index contributed by atoms with van der Waals surface area (Å²) in [5, 5.41) is 19.0. The Balaban J connectivity index is 2.69. The van der Waals surface area contributed by atoms with Crippen LogP contribution in [0.2, 0.25) is 0 Å². The molecule has 7 nitrogen and oxygen atoms in total. The zero-order valence-corrected chi connectivity index (χ0v) is 10.2. The van der Waals surface area contributed by atoms with Crippen LogP contribution in [-0.4, -0.2) is 57.9 Å². The fourth-order valence-corrected chi connectivity index (χ4v) is 1.55. The van der Waals surface area contributed by atoms with Gasteiger partial charge in [0.25, 0.3) is 0 Å². The van der Waals surface area contributed by atoms with Gasteiger partial charge >= 0.3 is 24.1 Å². The van der Waals surface area contributed by atoms with E-state index in [1.807, 2.05) is 0 Å². The van der Waals surface area contributed by atoms with Crippen LogP contribution in [0.1, 0.15) is 19.3 Å². The van der Waals surface area contributed by atoms with Crippen molar-refractivity contribution >= 4 is 18.0 Å². The number of carboxylic acids is 2. The molecule has 10 heteroatoms. The summed E-state index contributed by atoms with van der Waals surface area (Å²) < 4.78 is 37.0. The third kappa shape index (κ3) is 5.33. The number of hydrogen-bond donors (Lipinski definition) is 3. The molecule has 1 saturated carbocycles. The Morgan fingerprint density at radius 3 is 2.15 bits per heavy atom. The number of nitrogens with one attached hydrogen (secondary N) is 1. The first kappa shape index (κ1) is 16.1. The highest BCUT2D eigenvalue weighted by atomic mass is 19.4. The average molecular weight is 298 g/mol. The molecule has 0 radical (unpaired) electrons. The van der Waals surface area contributed by atoms with Gasteiger partial charge in [-0.3, -0.25) is 4.79 Å². The van der Waals surface area contributed by atoms with Crippen molar-refractivity contribution in [1.82, 2.24) is 10.2 Å². The topological polar surface area (TPSA) is 107 Å². The molecule has 1 atom stereocenters. The Morgan fingerprint density at radius 2 is 1.80 bits per heavy atom. The van der Waals surface area contributed by atoms with Gasteiger partial charge in [-0.25, -0.2) is 9.59 Å². The highest BCUT2D eigenvalue weighted by Gasteiger charge is 2.41. The quantitative estimate of drug-likeness (QED) is 0.667. The van der Waals surface area contributed by atoms with E-state index < -0.39 is 49.2 Å². The molecule has 2 amide bonds. The van der Waals surface area contributed by atoms with E-state index in [9.17, 15) is 27.6 Å². The monoisotopic (exact) mass is 298 g/mol. The Morgan fingerprint density at radius 1 is 1.25 bits per heavy atom. The fraction of sp³-hybridized carbons (Fsp3) is 0.700. The summed E-state index contributed by atoms with van der Waals surface area (Å²) in [6, 6.07) is -3.58. The summed E-state index contributed by atoms with van der Waals surface area (Å²) in [6.45, 7) is -1.50. The molecule has 0 aromatic rings. The summed E-state index contributed by atoms with van der Waals surface area (Å²) in [5.41, 5.74) is 0. The number of hydrogen-bond acceptors (Lipinski definition) is 3. The third-order valence-corrected chi connectivity index (χ3v) is 2.57. The number of urea groups is 1. The number of alkyl halides is 3. The molecule has 0 aliphatic heterocycles. The zero-order chi connectivity index (χ0) is 15.5. The summed E-state index contributed by atoms with van der Waals surface area (Å²) >= 11 is 0. The van der Waals surface area contributed by atoms with E-state index in [1.54, 1.807) is 5.32 Å². The molecule has 1 aliphatic carbocycles. The van der Waals surface area contributed by atoms with Gasteiger partial charge < -0.3 is 20.4 Å². The lowest BCUT2D eigenvalue weighted by molar-refractivity contribution is -0.146. The summed E-state index contributed by atoms with van der Waals surface area (Å²) in [6.07, 6.45) is -4.71. The lowest BCUT2D eigenvalue weighted by Crippen LogP contribution is -2.51. The second-order valence-electron chi connectivity index (χ2n) is 4.41. The van der Waals surface area contributed by atoms with Crippen LogP contribution in [0.25, 0.3) is 0 Å². The highest BCUT2D eigenvalue weighted by molar-refractivity contribution is 5.86. The van der Waals surface area contributed by atoms with Crippen molar-refractivity contribution in [3.8, 4) is 0 Å². The van der Waals surface area contributed by atoms with Crippen molar-refractivity contribution in [1.29, 1.82) is 0 Å². The minimum Gasteiger partial charge on any atom is -0.481 e. The zero-order valence-electron chi connectivity index (χ0n) is 10.2. The summed E-state index contributed by atoms with van der Waals surface area (Å²) in [5.74, 6) is -3.10. The van der Waals surface area contributed by atoms with Crippen LogP contribution in [0.4, 0.5) is 18.0 Å². The van der Waals surface area contributed by atoms with Gasteiger partial charge in [-0.2, -0.15) is 13.2 Å². The smallest absolute Gasteiger partial charge is 0.406 e. The lowest BCUT2D eigenvalue weighted by atomic mass is 10.2. The van der Waals surface area contributed by atoms with Gasteiger partial charge in [0.05, 0.1) is 6.42 Å². The second-order valence-corrected chi connectivity index (χ2v) is 4.41. The van der Waals surface area contributed by atoms with E-state index in [2.05, 4.69) is 0 Å². The van der Waals surface area contributed by atoms with Crippen molar-refractivity contribution in [2.24, 2.45) is 0 Å². The third-order valence-electron chi connectivity index (χ3n) is 2.57. The second kappa shape index (κ2) is 5.97. The number of aliphatic carboxylic acids is 2. The van der Waals surface area contributed by atoms with Crippen molar-refractivity contribution in [2.75, 3.05) is 6.54 Å².